The van der Waals surface area contributed by atoms with E-state index in [0.717, 1.165) is 56.0 Å². The number of benzene rings is 1. The summed E-state index contributed by atoms with van der Waals surface area (Å²) in [6.45, 7) is -0.293. The molecule has 1 aromatic heterocycles. The largest absolute Gasteiger partial charge is 0.434 e. The summed E-state index contributed by atoms with van der Waals surface area (Å²) in [7, 11) is 0. The van der Waals surface area contributed by atoms with E-state index in [1.807, 2.05) is 0 Å². The number of hydrogen-bond acceptors (Lipinski definition) is 5. The normalized spacial score (nSPS) is 26.7. The number of halogens is 2. The van der Waals surface area contributed by atoms with E-state index in [1.165, 1.54) is 12.5 Å². The standard InChI is InChI=1S/C22H26F2N2O3/c23-22(24)28-19-4-2-1-3-17(19)20-18(21(29-26-20)13-5-6-13)12-27-16-8-7-14-10-25-11-15(14)9-16/h1-4,13-16,22,25H,5-12H2/t14-,15+,16+/m1/s1. The quantitative estimate of drug-likeness (QED) is 0.723. The van der Waals surface area contributed by atoms with Crippen molar-refractivity contribution in [2.75, 3.05) is 13.1 Å². The van der Waals surface area contributed by atoms with Crippen LogP contribution in [0, 0.1) is 11.8 Å². The van der Waals surface area contributed by atoms with Gasteiger partial charge in [-0.05, 0) is 69.2 Å². The number of alkyl halides is 2. The Labute approximate surface area is 168 Å². The maximum absolute atomic E-state index is 12.9. The minimum absolute atomic E-state index is 0.108. The number of hydrogen-bond donors (Lipinski definition) is 1. The first-order valence-electron chi connectivity index (χ1n) is 10.5. The highest BCUT2D eigenvalue weighted by Crippen LogP contribution is 2.45. The number of fused-ring (bicyclic) bond motifs is 1. The van der Waals surface area contributed by atoms with Gasteiger partial charge in [-0.3, -0.25) is 0 Å². The molecule has 1 aliphatic heterocycles. The highest BCUT2D eigenvalue weighted by Gasteiger charge is 2.36. The van der Waals surface area contributed by atoms with E-state index in [4.69, 9.17) is 14.0 Å². The van der Waals surface area contributed by atoms with Crippen molar-refractivity contribution in [1.82, 2.24) is 10.5 Å². The maximum Gasteiger partial charge on any atom is 0.387 e. The van der Waals surface area contributed by atoms with E-state index >= 15 is 0 Å². The van der Waals surface area contributed by atoms with Gasteiger partial charge in [0, 0.05) is 17.0 Å². The molecule has 1 aromatic carbocycles. The lowest BCUT2D eigenvalue weighted by Gasteiger charge is -2.31. The number of ether oxygens (including phenoxy) is 2. The molecular formula is C22H26F2N2O3. The van der Waals surface area contributed by atoms with Crippen molar-refractivity contribution in [3.63, 3.8) is 0 Å². The number of rotatable bonds is 7. The van der Waals surface area contributed by atoms with Crippen LogP contribution in [0.1, 0.15) is 49.3 Å². The van der Waals surface area contributed by atoms with Crippen molar-refractivity contribution in [2.24, 2.45) is 11.8 Å². The maximum atomic E-state index is 12.9. The van der Waals surface area contributed by atoms with Gasteiger partial charge in [0.05, 0.1) is 12.7 Å². The Morgan fingerprint density at radius 1 is 1.10 bits per heavy atom. The Kier molecular flexibility index (Phi) is 5.26. The summed E-state index contributed by atoms with van der Waals surface area (Å²) in [4.78, 5) is 0. The first-order chi connectivity index (χ1) is 14.2. The molecule has 29 heavy (non-hydrogen) atoms. The summed E-state index contributed by atoms with van der Waals surface area (Å²) >= 11 is 0. The highest BCUT2D eigenvalue weighted by atomic mass is 19.3. The summed E-state index contributed by atoms with van der Waals surface area (Å²) in [6, 6.07) is 6.74. The summed E-state index contributed by atoms with van der Waals surface area (Å²) in [6.07, 6.45) is 5.68. The number of para-hydroxylation sites is 1. The van der Waals surface area contributed by atoms with Crippen LogP contribution < -0.4 is 10.1 Å². The van der Waals surface area contributed by atoms with Gasteiger partial charge >= 0.3 is 6.61 Å². The van der Waals surface area contributed by atoms with Crippen molar-refractivity contribution in [3.05, 3.63) is 35.6 Å². The predicted molar refractivity (Wildman–Crippen MR) is 103 cm³/mol. The van der Waals surface area contributed by atoms with E-state index in [-0.39, 0.29) is 11.9 Å². The van der Waals surface area contributed by atoms with Gasteiger partial charge in [0.25, 0.3) is 0 Å². The Morgan fingerprint density at radius 3 is 2.76 bits per heavy atom. The smallest absolute Gasteiger partial charge is 0.387 e. The predicted octanol–water partition coefficient (Wildman–Crippen LogP) is 4.73. The van der Waals surface area contributed by atoms with Crippen molar-refractivity contribution in [3.8, 4) is 17.0 Å². The molecule has 5 rings (SSSR count). The van der Waals surface area contributed by atoms with Crippen molar-refractivity contribution >= 4 is 0 Å². The average molecular weight is 404 g/mol. The van der Waals surface area contributed by atoms with Gasteiger partial charge in [-0.2, -0.15) is 8.78 Å². The van der Waals surface area contributed by atoms with E-state index in [0.29, 0.717) is 29.7 Å². The van der Waals surface area contributed by atoms with Crippen molar-refractivity contribution < 1.29 is 22.8 Å². The fraction of sp³-hybridized carbons (Fsp3) is 0.591. The number of aromatic nitrogens is 1. The molecule has 2 heterocycles. The zero-order valence-electron chi connectivity index (χ0n) is 16.3. The molecule has 2 aromatic rings. The molecule has 3 atom stereocenters. The zero-order valence-corrected chi connectivity index (χ0v) is 16.3. The van der Waals surface area contributed by atoms with Crippen molar-refractivity contribution in [1.29, 1.82) is 0 Å². The van der Waals surface area contributed by atoms with E-state index in [9.17, 15) is 8.78 Å². The highest BCUT2D eigenvalue weighted by molar-refractivity contribution is 5.70. The molecule has 1 saturated heterocycles. The minimum Gasteiger partial charge on any atom is -0.434 e. The second kappa shape index (κ2) is 8.03. The molecule has 3 aliphatic rings. The Balaban J connectivity index is 1.37. The van der Waals surface area contributed by atoms with Crippen LogP contribution in [0.4, 0.5) is 8.78 Å². The molecule has 0 bridgehead atoms. The lowest BCUT2D eigenvalue weighted by molar-refractivity contribution is -0.0494. The third-order valence-corrected chi connectivity index (χ3v) is 6.49. The summed E-state index contributed by atoms with van der Waals surface area (Å²) in [5.41, 5.74) is 1.95. The number of nitrogens with one attached hydrogen (secondary N) is 1. The molecule has 0 spiro atoms. The van der Waals surface area contributed by atoms with Crippen LogP contribution in [0.25, 0.3) is 11.3 Å². The fourth-order valence-electron chi connectivity index (χ4n) is 4.81. The van der Waals surface area contributed by atoms with Gasteiger partial charge in [-0.25, -0.2) is 0 Å². The molecular weight excluding hydrogens is 378 g/mol. The third kappa shape index (κ3) is 4.03. The molecule has 7 heteroatoms. The molecule has 0 radical (unpaired) electrons. The molecule has 2 aliphatic carbocycles. The summed E-state index contributed by atoms with van der Waals surface area (Å²) in [5.74, 6) is 2.77. The van der Waals surface area contributed by atoms with E-state index in [2.05, 4.69) is 10.5 Å². The van der Waals surface area contributed by atoms with Gasteiger partial charge in [0.2, 0.25) is 0 Å². The van der Waals surface area contributed by atoms with Crippen LogP contribution in [-0.4, -0.2) is 31.0 Å². The van der Waals surface area contributed by atoms with Gasteiger partial charge in [-0.15, -0.1) is 0 Å². The zero-order chi connectivity index (χ0) is 19.8. The van der Waals surface area contributed by atoms with Crippen LogP contribution in [0.3, 0.4) is 0 Å². The van der Waals surface area contributed by atoms with Gasteiger partial charge < -0.3 is 19.3 Å². The lowest BCUT2D eigenvalue weighted by Crippen LogP contribution is -2.28. The second-order valence-corrected chi connectivity index (χ2v) is 8.45. The topological polar surface area (TPSA) is 56.5 Å². The Hall–Kier alpha value is -1.99. The third-order valence-electron chi connectivity index (χ3n) is 6.49. The molecule has 5 nitrogen and oxygen atoms in total. The molecule has 0 amide bonds. The van der Waals surface area contributed by atoms with Gasteiger partial charge in [0.15, 0.2) is 0 Å². The molecule has 2 saturated carbocycles. The summed E-state index contributed by atoms with van der Waals surface area (Å²) < 4.78 is 42.4. The molecule has 1 N–H and O–H groups in total. The molecule has 0 unspecified atom stereocenters. The molecule has 156 valence electrons. The first kappa shape index (κ1) is 19.0. The van der Waals surface area contributed by atoms with Crippen LogP contribution in [-0.2, 0) is 11.3 Å². The van der Waals surface area contributed by atoms with Crippen molar-refractivity contribution in [2.45, 2.75) is 57.3 Å². The fourth-order valence-corrected chi connectivity index (χ4v) is 4.81. The number of nitrogens with zero attached hydrogens (tertiary/aromatic N) is 1. The lowest BCUT2D eigenvalue weighted by atomic mass is 9.80. The molecule has 3 fully saturated rings. The minimum atomic E-state index is -2.89. The van der Waals surface area contributed by atoms with Gasteiger partial charge in [-0.1, -0.05) is 17.3 Å². The van der Waals surface area contributed by atoms with E-state index < -0.39 is 6.61 Å². The average Bonchev–Trinajstić information content (AvgIpc) is 3.30. The van der Waals surface area contributed by atoms with Crippen LogP contribution in [0.15, 0.2) is 28.8 Å². The van der Waals surface area contributed by atoms with Crippen LogP contribution in [0.5, 0.6) is 5.75 Å². The van der Waals surface area contributed by atoms with Gasteiger partial charge in [0.1, 0.15) is 17.2 Å². The SMILES string of the molecule is FC(F)Oc1ccccc1-c1noc(C2CC2)c1CO[C@H]1CC[C@@H]2CNC[C@@H]2C1. The Bertz CT molecular complexity index is 852. The monoisotopic (exact) mass is 404 g/mol. The second-order valence-electron chi connectivity index (χ2n) is 8.45. The van der Waals surface area contributed by atoms with Crippen LogP contribution >= 0.6 is 0 Å². The van der Waals surface area contributed by atoms with E-state index in [1.54, 1.807) is 18.2 Å². The summed E-state index contributed by atoms with van der Waals surface area (Å²) in [5, 5.41) is 7.73. The first-order valence-corrected chi connectivity index (χ1v) is 10.5. The Morgan fingerprint density at radius 2 is 1.93 bits per heavy atom. The van der Waals surface area contributed by atoms with Crippen LogP contribution in [0.2, 0.25) is 0 Å².